The lowest BCUT2D eigenvalue weighted by atomic mass is 9.90. The van der Waals surface area contributed by atoms with Crippen molar-refractivity contribution in [1.82, 2.24) is 4.90 Å². The minimum atomic E-state index is -0.927. The number of carbonyl (C=O) groups excluding carboxylic acids is 1. The highest BCUT2D eigenvalue weighted by molar-refractivity contribution is 5.85. The molecule has 0 fully saturated rings. The van der Waals surface area contributed by atoms with Crippen LogP contribution in [0.1, 0.15) is 31.9 Å². The van der Waals surface area contributed by atoms with Gasteiger partial charge in [-0.05, 0) is 17.0 Å². The molecule has 4 heteroatoms. The Morgan fingerprint density at radius 1 is 1.20 bits per heavy atom. The van der Waals surface area contributed by atoms with Gasteiger partial charge in [0.15, 0.2) is 0 Å². The normalized spacial score (nSPS) is 19.6. The maximum atomic E-state index is 12.5. The molecule has 0 aliphatic carbocycles. The molecule has 0 aromatic heterocycles. The molecule has 1 aliphatic heterocycles. The van der Waals surface area contributed by atoms with Crippen LogP contribution < -0.4 is 0 Å². The molecule has 2 rings (SSSR count). The summed E-state index contributed by atoms with van der Waals surface area (Å²) in [5.41, 5.74) is 2.08. The van der Waals surface area contributed by atoms with Crippen molar-refractivity contribution >= 4 is 11.9 Å². The van der Waals surface area contributed by atoms with E-state index in [1.807, 2.05) is 45.0 Å². The summed E-state index contributed by atoms with van der Waals surface area (Å²) >= 11 is 0. The van der Waals surface area contributed by atoms with Gasteiger partial charge in [0.2, 0.25) is 5.91 Å². The summed E-state index contributed by atoms with van der Waals surface area (Å²) in [5, 5.41) is 9.41. The van der Waals surface area contributed by atoms with Gasteiger partial charge in [-0.1, -0.05) is 45.0 Å². The summed E-state index contributed by atoms with van der Waals surface area (Å²) in [5.74, 6) is -0.957. The first-order valence-electron chi connectivity index (χ1n) is 7.02. The van der Waals surface area contributed by atoms with Crippen LogP contribution in [0.15, 0.2) is 24.3 Å². The van der Waals surface area contributed by atoms with Crippen LogP contribution >= 0.6 is 0 Å². The predicted octanol–water partition coefficient (Wildman–Crippen LogP) is 2.32. The summed E-state index contributed by atoms with van der Waals surface area (Å²) in [4.78, 5) is 25.5. The molecule has 0 radical (unpaired) electrons. The maximum absolute atomic E-state index is 12.5. The van der Waals surface area contributed by atoms with E-state index in [0.29, 0.717) is 13.0 Å². The van der Waals surface area contributed by atoms with Crippen molar-refractivity contribution in [2.75, 3.05) is 0 Å². The van der Waals surface area contributed by atoms with E-state index in [1.54, 1.807) is 0 Å². The van der Waals surface area contributed by atoms with Gasteiger partial charge in [-0.3, -0.25) is 4.79 Å². The first kappa shape index (κ1) is 14.6. The number of fused-ring (bicyclic) bond motifs is 1. The Kier molecular flexibility index (Phi) is 4.12. The molecule has 1 amide bonds. The minimum absolute atomic E-state index is 0.0677. The number of hydrogen-bond donors (Lipinski definition) is 1. The number of hydrogen-bond acceptors (Lipinski definition) is 2. The number of carboxylic acids is 1. The fourth-order valence-electron chi connectivity index (χ4n) is 2.52. The fraction of sp³-hybridized carbons (Fsp3) is 0.500. The Morgan fingerprint density at radius 3 is 2.35 bits per heavy atom. The lowest BCUT2D eigenvalue weighted by molar-refractivity contribution is -0.153. The molecule has 4 nitrogen and oxygen atoms in total. The van der Waals surface area contributed by atoms with Crippen molar-refractivity contribution in [3.05, 3.63) is 35.4 Å². The van der Waals surface area contributed by atoms with E-state index in [1.165, 1.54) is 4.90 Å². The molecule has 0 saturated carbocycles. The smallest absolute Gasteiger partial charge is 0.326 e. The second-order valence-electron chi connectivity index (χ2n) is 5.83. The molecule has 1 heterocycles. The van der Waals surface area contributed by atoms with E-state index in [9.17, 15) is 14.7 Å². The molecule has 0 spiro atoms. The van der Waals surface area contributed by atoms with E-state index < -0.39 is 12.0 Å². The van der Waals surface area contributed by atoms with Crippen molar-refractivity contribution in [3.8, 4) is 0 Å². The summed E-state index contributed by atoms with van der Waals surface area (Å²) in [6.07, 6.45) is 0.391. The zero-order valence-electron chi connectivity index (χ0n) is 12.2. The monoisotopic (exact) mass is 275 g/mol. The lowest BCUT2D eigenvalue weighted by Crippen LogP contribution is -2.50. The highest BCUT2D eigenvalue weighted by Crippen LogP contribution is 2.26. The van der Waals surface area contributed by atoms with Crippen LogP contribution in [0.4, 0.5) is 0 Å². The van der Waals surface area contributed by atoms with E-state index in [4.69, 9.17) is 0 Å². The quantitative estimate of drug-likeness (QED) is 0.921. The van der Waals surface area contributed by atoms with Gasteiger partial charge in [0, 0.05) is 18.9 Å². The van der Waals surface area contributed by atoms with Crippen molar-refractivity contribution in [1.29, 1.82) is 0 Å². The standard InChI is InChI=1S/C16H21NO3/c1-10(2)11(3)15(18)17-9-13-7-5-4-6-12(13)8-14(17)16(19)20/h4-7,10-11,14H,8-9H2,1-3H3,(H,19,20). The van der Waals surface area contributed by atoms with Crippen molar-refractivity contribution < 1.29 is 14.7 Å². The van der Waals surface area contributed by atoms with Crippen LogP contribution in [0.5, 0.6) is 0 Å². The summed E-state index contributed by atoms with van der Waals surface area (Å²) in [6.45, 7) is 6.22. The van der Waals surface area contributed by atoms with Crippen molar-refractivity contribution in [2.45, 2.75) is 39.8 Å². The Bertz CT molecular complexity index is 524. The molecule has 20 heavy (non-hydrogen) atoms. The highest BCUT2D eigenvalue weighted by Gasteiger charge is 2.36. The van der Waals surface area contributed by atoms with Crippen LogP contribution in [0.25, 0.3) is 0 Å². The third-order valence-corrected chi connectivity index (χ3v) is 4.21. The number of carboxylic acid groups (broad SMARTS) is 1. The van der Waals surface area contributed by atoms with Gasteiger partial charge in [0.25, 0.3) is 0 Å². The van der Waals surface area contributed by atoms with E-state index in [0.717, 1.165) is 11.1 Å². The molecule has 2 atom stereocenters. The zero-order valence-corrected chi connectivity index (χ0v) is 12.2. The third-order valence-electron chi connectivity index (χ3n) is 4.21. The van der Waals surface area contributed by atoms with Gasteiger partial charge in [0.05, 0.1) is 0 Å². The SMILES string of the molecule is CC(C)C(C)C(=O)N1Cc2ccccc2CC1C(=O)O. The Morgan fingerprint density at radius 2 is 1.80 bits per heavy atom. The third kappa shape index (κ3) is 2.69. The first-order valence-corrected chi connectivity index (χ1v) is 7.02. The van der Waals surface area contributed by atoms with Crippen LogP contribution in [0.3, 0.4) is 0 Å². The van der Waals surface area contributed by atoms with Crippen molar-refractivity contribution in [3.63, 3.8) is 0 Å². The van der Waals surface area contributed by atoms with E-state index >= 15 is 0 Å². The number of amides is 1. The second-order valence-corrected chi connectivity index (χ2v) is 5.83. The van der Waals surface area contributed by atoms with Crippen molar-refractivity contribution in [2.24, 2.45) is 11.8 Å². The topological polar surface area (TPSA) is 57.6 Å². The fourth-order valence-corrected chi connectivity index (χ4v) is 2.52. The average Bonchev–Trinajstić information content (AvgIpc) is 2.44. The molecular formula is C16H21NO3. The van der Waals surface area contributed by atoms with Crippen LogP contribution in [0, 0.1) is 11.8 Å². The first-order chi connectivity index (χ1) is 9.41. The summed E-state index contributed by atoms with van der Waals surface area (Å²) in [7, 11) is 0. The average molecular weight is 275 g/mol. The molecule has 2 unspecified atom stereocenters. The van der Waals surface area contributed by atoms with Gasteiger partial charge in [-0.25, -0.2) is 4.79 Å². The van der Waals surface area contributed by atoms with Gasteiger partial charge in [-0.15, -0.1) is 0 Å². The number of rotatable bonds is 3. The number of benzene rings is 1. The molecule has 1 aliphatic rings. The van der Waals surface area contributed by atoms with Gasteiger partial charge in [-0.2, -0.15) is 0 Å². The van der Waals surface area contributed by atoms with Gasteiger partial charge < -0.3 is 10.0 Å². The highest BCUT2D eigenvalue weighted by atomic mass is 16.4. The molecule has 108 valence electrons. The predicted molar refractivity (Wildman–Crippen MR) is 76.1 cm³/mol. The molecule has 1 aromatic rings. The van der Waals surface area contributed by atoms with Crippen LogP contribution in [-0.2, 0) is 22.6 Å². The molecule has 1 aromatic carbocycles. The Labute approximate surface area is 119 Å². The molecule has 0 bridgehead atoms. The molecular weight excluding hydrogens is 254 g/mol. The largest absolute Gasteiger partial charge is 0.480 e. The molecule has 0 saturated heterocycles. The van der Waals surface area contributed by atoms with E-state index in [2.05, 4.69) is 0 Å². The number of aliphatic carboxylic acids is 1. The van der Waals surface area contributed by atoms with E-state index in [-0.39, 0.29) is 17.7 Å². The number of carbonyl (C=O) groups is 2. The van der Waals surface area contributed by atoms with Crippen LogP contribution in [0.2, 0.25) is 0 Å². The van der Waals surface area contributed by atoms with Gasteiger partial charge in [0.1, 0.15) is 6.04 Å². The lowest BCUT2D eigenvalue weighted by Gasteiger charge is -2.36. The molecule has 1 N–H and O–H groups in total. The Hall–Kier alpha value is -1.84. The number of nitrogens with zero attached hydrogens (tertiary/aromatic N) is 1. The van der Waals surface area contributed by atoms with Gasteiger partial charge >= 0.3 is 5.97 Å². The maximum Gasteiger partial charge on any atom is 0.326 e. The Balaban J connectivity index is 2.31. The summed E-state index contributed by atoms with van der Waals surface area (Å²) < 4.78 is 0. The summed E-state index contributed by atoms with van der Waals surface area (Å²) in [6, 6.07) is 6.99. The second kappa shape index (κ2) is 5.65. The minimum Gasteiger partial charge on any atom is -0.480 e. The zero-order chi connectivity index (χ0) is 14.9. The van der Waals surface area contributed by atoms with Crippen LogP contribution in [-0.4, -0.2) is 27.9 Å².